The molecule has 0 bridgehead atoms. The number of rotatable bonds is 4. The molecule has 0 saturated heterocycles. The number of hydrogen-bond donors (Lipinski definition) is 2. The SMILES string of the molecule is CCCC(=O)Nc1nc2c(s1)C(=O)CC(C(=O)O)C2. The monoisotopic (exact) mass is 282 g/mol. The molecule has 0 spiro atoms. The molecule has 0 aromatic carbocycles. The standard InChI is InChI=1S/C12H14N2O4S/c1-2-3-9(16)14-12-13-7-4-6(11(17)18)5-8(15)10(7)19-12/h6H,2-5H2,1H3,(H,17,18)(H,13,14,16). The van der Waals surface area contributed by atoms with Crippen molar-refractivity contribution in [1.82, 2.24) is 4.98 Å². The number of carboxylic acid groups (broad SMARTS) is 1. The Balaban J connectivity index is 2.17. The molecule has 0 fully saturated rings. The van der Waals surface area contributed by atoms with Crippen molar-refractivity contribution in [1.29, 1.82) is 0 Å². The first kappa shape index (κ1) is 13.7. The number of thiazole rings is 1. The van der Waals surface area contributed by atoms with Crippen molar-refractivity contribution >= 4 is 34.1 Å². The molecule has 102 valence electrons. The van der Waals surface area contributed by atoms with Gasteiger partial charge in [0.05, 0.1) is 16.5 Å². The summed E-state index contributed by atoms with van der Waals surface area (Å²) in [5.74, 6) is -2.04. The second-order valence-electron chi connectivity index (χ2n) is 4.46. The number of ketones is 1. The molecule has 1 heterocycles. The fourth-order valence-electron chi connectivity index (χ4n) is 1.97. The number of carboxylic acids is 1. The summed E-state index contributed by atoms with van der Waals surface area (Å²) in [6.07, 6.45) is 1.39. The van der Waals surface area contributed by atoms with Crippen LogP contribution in [-0.4, -0.2) is 27.8 Å². The van der Waals surface area contributed by atoms with Gasteiger partial charge < -0.3 is 10.4 Å². The van der Waals surface area contributed by atoms with Crippen molar-refractivity contribution in [2.24, 2.45) is 5.92 Å². The van der Waals surface area contributed by atoms with E-state index in [4.69, 9.17) is 5.11 Å². The highest BCUT2D eigenvalue weighted by Gasteiger charge is 2.32. The summed E-state index contributed by atoms with van der Waals surface area (Å²) in [6, 6.07) is 0. The lowest BCUT2D eigenvalue weighted by Crippen LogP contribution is -2.25. The van der Waals surface area contributed by atoms with E-state index in [1.54, 1.807) is 0 Å². The Morgan fingerprint density at radius 2 is 2.21 bits per heavy atom. The Morgan fingerprint density at radius 1 is 1.47 bits per heavy atom. The third-order valence-corrected chi connectivity index (χ3v) is 3.95. The summed E-state index contributed by atoms with van der Waals surface area (Å²) in [7, 11) is 0. The minimum Gasteiger partial charge on any atom is -0.481 e. The van der Waals surface area contributed by atoms with Crippen molar-refractivity contribution in [3.05, 3.63) is 10.6 Å². The van der Waals surface area contributed by atoms with Crippen LogP contribution in [0.4, 0.5) is 5.13 Å². The van der Waals surface area contributed by atoms with Crippen LogP contribution in [0.3, 0.4) is 0 Å². The largest absolute Gasteiger partial charge is 0.481 e. The molecule has 1 atom stereocenters. The lowest BCUT2D eigenvalue weighted by Gasteiger charge is -2.15. The van der Waals surface area contributed by atoms with Crippen molar-refractivity contribution in [3.63, 3.8) is 0 Å². The Bertz CT molecular complexity index is 538. The Labute approximate surface area is 113 Å². The second-order valence-corrected chi connectivity index (χ2v) is 5.46. The molecule has 6 nitrogen and oxygen atoms in total. The molecule has 1 amide bonds. The zero-order valence-electron chi connectivity index (χ0n) is 10.4. The van der Waals surface area contributed by atoms with E-state index in [1.165, 1.54) is 0 Å². The molecule has 2 rings (SSSR count). The van der Waals surface area contributed by atoms with E-state index in [2.05, 4.69) is 10.3 Å². The minimum atomic E-state index is -0.983. The molecule has 2 N–H and O–H groups in total. The maximum absolute atomic E-state index is 11.8. The van der Waals surface area contributed by atoms with E-state index in [-0.39, 0.29) is 24.5 Å². The van der Waals surface area contributed by atoms with E-state index in [9.17, 15) is 14.4 Å². The average molecular weight is 282 g/mol. The maximum atomic E-state index is 11.8. The van der Waals surface area contributed by atoms with Crippen LogP contribution in [0, 0.1) is 5.92 Å². The van der Waals surface area contributed by atoms with Crippen molar-refractivity contribution in [2.75, 3.05) is 5.32 Å². The van der Waals surface area contributed by atoms with E-state index in [1.807, 2.05) is 6.92 Å². The highest BCUT2D eigenvalue weighted by molar-refractivity contribution is 7.17. The van der Waals surface area contributed by atoms with Crippen LogP contribution >= 0.6 is 11.3 Å². The maximum Gasteiger partial charge on any atom is 0.307 e. The molecule has 1 aliphatic rings. The Hall–Kier alpha value is -1.76. The molecular weight excluding hydrogens is 268 g/mol. The number of Topliss-reactive ketones (excluding diaryl/α,β-unsaturated/α-hetero) is 1. The number of amides is 1. The molecule has 1 unspecified atom stereocenters. The quantitative estimate of drug-likeness (QED) is 0.876. The molecule has 0 radical (unpaired) electrons. The summed E-state index contributed by atoms with van der Waals surface area (Å²) < 4.78 is 0. The molecule has 7 heteroatoms. The summed E-state index contributed by atoms with van der Waals surface area (Å²) in [6.45, 7) is 1.90. The summed E-state index contributed by atoms with van der Waals surface area (Å²) in [5, 5.41) is 12.0. The van der Waals surface area contributed by atoms with Crippen LogP contribution < -0.4 is 5.32 Å². The first-order chi connectivity index (χ1) is 9.01. The van der Waals surface area contributed by atoms with E-state index in [0.717, 1.165) is 17.8 Å². The third-order valence-electron chi connectivity index (χ3n) is 2.89. The van der Waals surface area contributed by atoms with Gasteiger partial charge in [-0.2, -0.15) is 0 Å². The van der Waals surface area contributed by atoms with Gasteiger partial charge in [-0.15, -0.1) is 0 Å². The molecule has 19 heavy (non-hydrogen) atoms. The van der Waals surface area contributed by atoms with Crippen molar-refractivity contribution in [2.45, 2.75) is 32.6 Å². The van der Waals surface area contributed by atoms with Crippen LogP contribution in [0.1, 0.15) is 41.6 Å². The first-order valence-electron chi connectivity index (χ1n) is 6.06. The van der Waals surface area contributed by atoms with Crippen LogP contribution in [0.25, 0.3) is 0 Å². The van der Waals surface area contributed by atoms with Crippen LogP contribution in [0.15, 0.2) is 0 Å². The number of fused-ring (bicyclic) bond motifs is 1. The number of hydrogen-bond acceptors (Lipinski definition) is 5. The van der Waals surface area contributed by atoms with Gasteiger partial charge in [-0.05, 0) is 6.42 Å². The van der Waals surface area contributed by atoms with Gasteiger partial charge in [-0.1, -0.05) is 18.3 Å². The fraction of sp³-hybridized carbons (Fsp3) is 0.500. The van der Waals surface area contributed by atoms with E-state index < -0.39 is 11.9 Å². The summed E-state index contributed by atoms with van der Waals surface area (Å²) in [5.41, 5.74) is 0.487. The number of anilines is 1. The van der Waals surface area contributed by atoms with Crippen LogP contribution in [-0.2, 0) is 16.0 Å². The average Bonchev–Trinajstić information content (AvgIpc) is 2.72. The topological polar surface area (TPSA) is 96.4 Å². The van der Waals surface area contributed by atoms with Gasteiger partial charge in [-0.25, -0.2) is 4.98 Å². The smallest absolute Gasteiger partial charge is 0.307 e. The number of aliphatic carboxylic acids is 1. The Kier molecular flexibility index (Phi) is 3.94. The Morgan fingerprint density at radius 3 is 2.84 bits per heavy atom. The molecule has 1 aliphatic carbocycles. The fourth-order valence-corrected chi connectivity index (χ4v) is 2.92. The van der Waals surface area contributed by atoms with E-state index >= 15 is 0 Å². The molecule has 1 aromatic rings. The highest BCUT2D eigenvalue weighted by Crippen LogP contribution is 2.32. The van der Waals surface area contributed by atoms with Gasteiger partial charge in [-0.3, -0.25) is 14.4 Å². The second kappa shape index (κ2) is 5.48. The van der Waals surface area contributed by atoms with Gasteiger partial charge in [0.2, 0.25) is 5.91 Å². The lowest BCUT2D eigenvalue weighted by molar-refractivity contribution is -0.141. The summed E-state index contributed by atoms with van der Waals surface area (Å²) >= 11 is 1.13. The molecular formula is C12H14N2O4S. The number of carbonyl (C=O) groups is 3. The summed E-state index contributed by atoms with van der Waals surface area (Å²) in [4.78, 5) is 38.8. The predicted molar refractivity (Wildman–Crippen MR) is 69.4 cm³/mol. The number of nitrogens with one attached hydrogen (secondary N) is 1. The number of aromatic nitrogens is 1. The van der Waals surface area contributed by atoms with Crippen LogP contribution in [0.5, 0.6) is 0 Å². The molecule has 1 aromatic heterocycles. The molecule has 0 aliphatic heterocycles. The van der Waals surface area contributed by atoms with Gasteiger partial charge in [0, 0.05) is 19.3 Å². The number of nitrogens with zero attached hydrogens (tertiary/aromatic N) is 1. The van der Waals surface area contributed by atoms with Gasteiger partial charge in [0.25, 0.3) is 0 Å². The van der Waals surface area contributed by atoms with Gasteiger partial charge in [0.1, 0.15) is 0 Å². The first-order valence-corrected chi connectivity index (χ1v) is 6.88. The zero-order valence-corrected chi connectivity index (χ0v) is 11.2. The van der Waals surface area contributed by atoms with Crippen LogP contribution in [0.2, 0.25) is 0 Å². The highest BCUT2D eigenvalue weighted by atomic mass is 32.1. The third kappa shape index (κ3) is 2.98. The lowest BCUT2D eigenvalue weighted by atomic mass is 9.90. The van der Waals surface area contributed by atoms with E-state index in [0.29, 0.717) is 22.1 Å². The van der Waals surface area contributed by atoms with Crippen molar-refractivity contribution in [3.8, 4) is 0 Å². The normalized spacial score (nSPS) is 17.9. The number of carbonyl (C=O) groups excluding carboxylic acids is 2. The van der Waals surface area contributed by atoms with Gasteiger partial charge >= 0.3 is 5.97 Å². The van der Waals surface area contributed by atoms with Gasteiger partial charge in [0.15, 0.2) is 10.9 Å². The minimum absolute atomic E-state index is 0.00682. The predicted octanol–water partition coefficient (Wildman–Crippen LogP) is 1.71. The zero-order chi connectivity index (χ0) is 14.0. The molecule has 0 saturated carbocycles. The van der Waals surface area contributed by atoms with Crippen molar-refractivity contribution < 1.29 is 19.5 Å².